The van der Waals surface area contributed by atoms with Crippen molar-refractivity contribution in [3.8, 4) is 0 Å². The first-order chi connectivity index (χ1) is 16.7. The minimum Gasteiger partial charge on any atom is -0.326 e. The second-order valence-electron chi connectivity index (χ2n) is 9.61. The number of unbranched alkanes of at least 4 members (excludes halogenated alkanes) is 1. The number of piperidine rings is 1. The molecule has 1 saturated heterocycles. The number of hydrogen-bond acceptors (Lipinski definition) is 3. The molecule has 0 spiro atoms. The molecule has 0 atom stereocenters. The lowest BCUT2D eigenvalue weighted by Crippen LogP contribution is -2.43. The summed E-state index contributed by atoms with van der Waals surface area (Å²) in [5.41, 5.74) is 4.97. The first-order valence-electron chi connectivity index (χ1n) is 12.7. The summed E-state index contributed by atoms with van der Waals surface area (Å²) in [4.78, 5) is 19.3. The molecule has 0 bridgehead atoms. The van der Waals surface area contributed by atoms with Crippen molar-refractivity contribution in [3.63, 3.8) is 0 Å². The van der Waals surface area contributed by atoms with Crippen molar-refractivity contribution in [3.05, 3.63) is 95.8 Å². The maximum atomic E-state index is 12.0. The van der Waals surface area contributed by atoms with Gasteiger partial charge in [-0.2, -0.15) is 0 Å². The van der Waals surface area contributed by atoms with Crippen LogP contribution in [0.1, 0.15) is 62.3 Å². The fourth-order valence-electron chi connectivity index (χ4n) is 4.99. The predicted octanol–water partition coefficient (Wildman–Crippen LogP) is 6.38. The van der Waals surface area contributed by atoms with Crippen LogP contribution in [0.15, 0.2) is 79.0 Å². The van der Waals surface area contributed by atoms with E-state index in [0.29, 0.717) is 6.42 Å². The highest BCUT2D eigenvalue weighted by Gasteiger charge is 2.36. The number of nitrogens with zero attached hydrogens (tertiary/aromatic N) is 2. The Morgan fingerprint density at radius 1 is 0.941 bits per heavy atom. The monoisotopic (exact) mass is 455 g/mol. The minimum absolute atomic E-state index is 0.104. The highest BCUT2D eigenvalue weighted by molar-refractivity contribution is 5.90. The molecule has 0 unspecified atom stereocenters. The van der Waals surface area contributed by atoms with Gasteiger partial charge in [0.05, 0.1) is 0 Å². The number of carbonyl (C=O) groups is 1. The second kappa shape index (κ2) is 11.9. The standard InChI is InChI=1S/C30H37N3O/c1-2-3-12-29(34)32-27-15-13-26(14-16-27)24-33-22-19-30(20-23-33,28-11-7-8-21-31-28)18-17-25-9-5-4-6-10-25/h4-11,13-16,21H,2-3,12,17-20,22-24H2,1H3,(H,32,34). The Bertz CT molecular complexity index is 1010. The number of carbonyl (C=O) groups excluding carboxylic acids is 1. The van der Waals surface area contributed by atoms with E-state index in [-0.39, 0.29) is 11.3 Å². The van der Waals surface area contributed by atoms with Gasteiger partial charge in [-0.15, -0.1) is 0 Å². The average molecular weight is 456 g/mol. The molecule has 1 fully saturated rings. The van der Waals surface area contributed by atoms with Crippen molar-refractivity contribution in [2.75, 3.05) is 18.4 Å². The van der Waals surface area contributed by atoms with Gasteiger partial charge >= 0.3 is 0 Å². The van der Waals surface area contributed by atoms with Crippen LogP contribution in [-0.2, 0) is 23.2 Å². The lowest BCUT2D eigenvalue weighted by molar-refractivity contribution is -0.116. The van der Waals surface area contributed by atoms with Gasteiger partial charge in [0.15, 0.2) is 0 Å². The second-order valence-corrected chi connectivity index (χ2v) is 9.61. The Balaban J connectivity index is 1.35. The number of rotatable bonds is 10. The summed E-state index contributed by atoms with van der Waals surface area (Å²) >= 11 is 0. The van der Waals surface area contributed by atoms with Crippen LogP contribution >= 0.6 is 0 Å². The predicted molar refractivity (Wildman–Crippen MR) is 140 cm³/mol. The summed E-state index contributed by atoms with van der Waals surface area (Å²) in [5.74, 6) is 0.104. The first-order valence-corrected chi connectivity index (χ1v) is 12.7. The number of pyridine rings is 1. The van der Waals surface area contributed by atoms with E-state index < -0.39 is 0 Å². The average Bonchev–Trinajstić information content (AvgIpc) is 2.89. The SMILES string of the molecule is CCCCC(=O)Nc1ccc(CN2CCC(CCc3ccccc3)(c3ccccn3)CC2)cc1. The maximum absolute atomic E-state index is 12.0. The summed E-state index contributed by atoms with van der Waals surface area (Å²) in [5, 5.41) is 3.00. The van der Waals surface area contributed by atoms with Crippen LogP contribution in [-0.4, -0.2) is 28.9 Å². The lowest BCUT2D eigenvalue weighted by Gasteiger charge is -2.42. The largest absolute Gasteiger partial charge is 0.326 e. The molecular weight excluding hydrogens is 418 g/mol. The van der Waals surface area contributed by atoms with E-state index in [1.165, 1.54) is 16.8 Å². The van der Waals surface area contributed by atoms with Gasteiger partial charge in [0, 0.05) is 36.0 Å². The third kappa shape index (κ3) is 6.54. The zero-order valence-corrected chi connectivity index (χ0v) is 20.4. The molecule has 0 saturated carbocycles. The third-order valence-electron chi connectivity index (χ3n) is 7.16. The fourth-order valence-corrected chi connectivity index (χ4v) is 4.99. The van der Waals surface area contributed by atoms with Crippen LogP contribution in [0.3, 0.4) is 0 Å². The molecule has 4 heteroatoms. The fraction of sp³-hybridized carbons (Fsp3) is 0.400. The Labute approximate surface area is 204 Å². The highest BCUT2D eigenvalue weighted by Crippen LogP contribution is 2.39. The highest BCUT2D eigenvalue weighted by atomic mass is 16.1. The lowest BCUT2D eigenvalue weighted by atomic mass is 9.71. The van der Waals surface area contributed by atoms with Gasteiger partial charge in [-0.05, 0) is 80.6 Å². The molecule has 2 aromatic carbocycles. The van der Waals surface area contributed by atoms with Crippen molar-refractivity contribution in [2.45, 2.75) is 63.8 Å². The number of anilines is 1. The Hall–Kier alpha value is -2.98. The van der Waals surface area contributed by atoms with E-state index in [9.17, 15) is 4.79 Å². The molecule has 2 heterocycles. The smallest absolute Gasteiger partial charge is 0.224 e. The van der Waals surface area contributed by atoms with Gasteiger partial charge < -0.3 is 5.32 Å². The number of aromatic nitrogens is 1. The number of nitrogens with one attached hydrogen (secondary N) is 1. The molecule has 0 radical (unpaired) electrons. The Morgan fingerprint density at radius 3 is 2.35 bits per heavy atom. The summed E-state index contributed by atoms with van der Waals surface area (Å²) in [6.07, 6.45) is 8.98. The summed E-state index contributed by atoms with van der Waals surface area (Å²) < 4.78 is 0. The van der Waals surface area contributed by atoms with E-state index >= 15 is 0 Å². The summed E-state index contributed by atoms with van der Waals surface area (Å²) in [6, 6.07) is 25.5. The molecule has 1 aliphatic heterocycles. The molecule has 34 heavy (non-hydrogen) atoms. The van der Waals surface area contributed by atoms with Crippen LogP contribution in [0.4, 0.5) is 5.69 Å². The molecule has 0 aliphatic carbocycles. The Kier molecular flexibility index (Phi) is 8.48. The number of hydrogen-bond donors (Lipinski definition) is 1. The van der Waals surface area contributed by atoms with Crippen LogP contribution in [0, 0.1) is 0 Å². The van der Waals surface area contributed by atoms with E-state index in [2.05, 4.69) is 71.7 Å². The van der Waals surface area contributed by atoms with Gasteiger partial charge in [0.1, 0.15) is 0 Å². The number of benzene rings is 2. The van der Waals surface area contributed by atoms with Crippen LogP contribution < -0.4 is 5.32 Å². The van der Waals surface area contributed by atoms with Crippen molar-refractivity contribution in [1.29, 1.82) is 0 Å². The van der Waals surface area contributed by atoms with E-state index in [1.54, 1.807) is 0 Å². The van der Waals surface area contributed by atoms with Crippen LogP contribution in [0.5, 0.6) is 0 Å². The molecule has 1 aliphatic rings. The van der Waals surface area contributed by atoms with E-state index in [1.807, 2.05) is 24.4 Å². The number of aryl methyl sites for hydroxylation is 1. The molecule has 3 aromatic rings. The molecule has 1 aromatic heterocycles. The topological polar surface area (TPSA) is 45.2 Å². The van der Waals surface area contributed by atoms with Gasteiger partial charge in [-0.3, -0.25) is 14.7 Å². The van der Waals surface area contributed by atoms with Gasteiger partial charge in [0.25, 0.3) is 0 Å². The van der Waals surface area contributed by atoms with Gasteiger partial charge in [0.2, 0.25) is 5.91 Å². The maximum Gasteiger partial charge on any atom is 0.224 e. The Morgan fingerprint density at radius 2 is 1.68 bits per heavy atom. The van der Waals surface area contributed by atoms with Gasteiger partial charge in [-0.25, -0.2) is 0 Å². The normalized spacial score (nSPS) is 15.7. The van der Waals surface area contributed by atoms with Crippen molar-refractivity contribution < 1.29 is 4.79 Å². The quantitative estimate of drug-likeness (QED) is 0.386. The molecular formula is C30H37N3O. The zero-order valence-electron chi connectivity index (χ0n) is 20.4. The van der Waals surface area contributed by atoms with Crippen LogP contribution in [0.2, 0.25) is 0 Å². The summed E-state index contributed by atoms with van der Waals surface area (Å²) in [6.45, 7) is 5.19. The van der Waals surface area contributed by atoms with Crippen molar-refractivity contribution >= 4 is 11.6 Å². The van der Waals surface area contributed by atoms with E-state index in [0.717, 1.165) is 63.8 Å². The third-order valence-corrected chi connectivity index (χ3v) is 7.16. The molecule has 1 N–H and O–H groups in total. The van der Waals surface area contributed by atoms with E-state index in [4.69, 9.17) is 4.98 Å². The van der Waals surface area contributed by atoms with Crippen molar-refractivity contribution in [1.82, 2.24) is 9.88 Å². The van der Waals surface area contributed by atoms with Gasteiger partial charge in [-0.1, -0.05) is 61.9 Å². The molecule has 4 rings (SSSR count). The van der Waals surface area contributed by atoms with Crippen molar-refractivity contribution in [2.24, 2.45) is 0 Å². The first kappa shape index (κ1) is 24.2. The molecule has 4 nitrogen and oxygen atoms in total. The summed E-state index contributed by atoms with van der Waals surface area (Å²) in [7, 11) is 0. The zero-order chi connectivity index (χ0) is 23.6. The molecule has 178 valence electrons. The minimum atomic E-state index is 0.104. The van der Waals surface area contributed by atoms with Crippen LogP contribution in [0.25, 0.3) is 0 Å². The molecule has 1 amide bonds. The number of likely N-dealkylation sites (tertiary alicyclic amines) is 1. The number of amides is 1.